The maximum atomic E-state index is 8.92. The molecule has 4 N–H and O–H groups in total. The zero-order valence-electron chi connectivity index (χ0n) is 16.3. The maximum absolute atomic E-state index is 8.92. The average molecular weight is 392 g/mol. The number of hydrogen-bond donors (Lipinski definition) is 4. The summed E-state index contributed by atoms with van der Waals surface area (Å²) >= 11 is 0. The van der Waals surface area contributed by atoms with E-state index < -0.39 is 0 Å². The lowest BCUT2D eigenvalue weighted by atomic mass is 9.97. The normalized spacial score (nSPS) is 23.9. The molecule has 150 valence electrons. The van der Waals surface area contributed by atoms with Crippen LogP contribution in [-0.2, 0) is 0 Å². The van der Waals surface area contributed by atoms with Gasteiger partial charge in [0.05, 0.1) is 12.4 Å². The largest absolute Gasteiger partial charge is 0.365 e. The summed E-state index contributed by atoms with van der Waals surface area (Å²) in [7, 11) is 0. The van der Waals surface area contributed by atoms with Crippen LogP contribution >= 0.6 is 0 Å². The molecular formula is C19H24N10. The first-order valence-electron chi connectivity index (χ1n) is 10.1. The zero-order valence-corrected chi connectivity index (χ0v) is 16.3. The summed E-state index contributed by atoms with van der Waals surface area (Å²) in [5.41, 5.74) is 2.40. The lowest BCUT2D eigenvalue weighted by Gasteiger charge is -2.39. The van der Waals surface area contributed by atoms with Crippen molar-refractivity contribution in [1.82, 2.24) is 35.0 Å². The number of piperidine rings is 1. The van der Waals surface area contributed by atoms with Crippen molar-refractivity contribution in [2.24, 2.45) is 0 Å². The Morgan fingerprint density at radius 1 is 1.28 bits per heavy atom. The van der Waals surface area contributed by atoms with Gasteiger partial charge in [0, 0.05) is 42.9 Å². The van der Waals surface area contributed by atoms with Crippen LogP contribution in [0.5, 0.6) is 0 Å². The van der Waals surface area contributed by atoms with Gasteiger partial charge in [-0.3, -0.25) is 10.00 Å². The second-order valence-electron chi connectivity index (χ2n) is 7.90. The monoisotopic (exact) mass is 392 g/mol. The highest BCUT2D eigenvalue weighted by atomic mass is 15.3. The van der Waals surface area contributed by atoms with Crippen LogP contribution in [0.2, 0.25) is 0 Å². The zero-order chi connectivity index (χ0) is 19.8. The van der Waals surface area contributed by atoms with Gasteiger partial charge in [0.1, 0.15) is 5.52 Å². The molecule has 10 heteroatoms. The Labute approximate surface area is 168 Å². The molecule has 5 heterocycles. The molecule has 0 unspecified atom stereocenters. The standard InChI is InChI=1S/C19H24N10/c1-11-7-15(28-27-11)24-19-25-17-16(21-10-22-17)18(26-19)23-12-8-13-3-4-14(9-12)29(13)6-2-5-20/h7,10,12-14H,2-4,6,8-9H2,1H3,(H4,21,22,23,24,25,26,27,28)/t12-,13-,14+. The molecule has 0 saturated carbocycles. The fraction of sp³-hybridized carbons (Fsp3) is 0.526. The second-order valence-corrected chi connectivity index (χ2v) is 7.90. The molecular weight excluding hydrogens is 368 g/mol. The van der Waals surface area contributed by atoms with Gasteiger partial charge in [-0.05, 0) is 32.6 Å². The van der Waals surface area contributed by atoms with Crippen molar-refractivity contribution in [3.63, 3.8) is 0 Å². The number of nitrogens with one attached hydrogen (secondary N) is 4. The Bertz CT molecular complexity index is 1030. The molecule has 2 aliphatic heterocycles. The molecule has 0 spiro atoms. The average Bonchev–Trinajstić information content (AvgIpc) is 3.39. The minimum atomic E-state index is 0.334. The van der Waals surface area contributed by atoms with E-state index in [1.165, 1.54) is 12.8 Å². The van der Waals surface area contributed by atoms with Crippen molar-refractivity contribution < 1.29 is 0 Å². The number of anilines is 3. The van der Waals surface area contributed by atoms with Crippen molar-refractivity contribution >= 4 is 28.7 Å². The van der Waals surface area contributed by atoms with E-state index in [4.69, 9.17) is 5.26 Å². The fourth-order valence-electron chi connectivity index (χ4n) is 4.72. The number of fused-ring (bicyclic) bond motifs is 3. The summed E-state index contributed by atoms with van der Waals surface area (Å²) in [6.45, 7) is 2.83. The van der Waals surface area contributed by atoms with Crippen LogP contribution in [0.25, 0.3) is 11.2 Å². The van der Waals surface area contributed by atoms with Crippen molar-refractivity contribution in [2.75, 3.05) is 17.2 Å². The number of nitriles is 1. The number of aromatic nitrogens is 6. The van der Waals surface area contributed by atoms with E-state index in [1.54, 1.807) is 6.33 Å². The lowest BCUT2D eigenvalue weighted by Crippen LogP contribution is -2.47. The summed E-state index contributed by atoms with van der Waals surface area (Å²) in [4.78, 5) is 19.2. The van der Waals surface area contributed by atoms with E-state index in [0.717, 1.165) is 36.4 Å². The number of hydrogen-bond acceptors (Lipinski definition) is 8. The Balaban J connectivity index is 1.35. The molecule has 0 amide bonds. The molecule has 0 aliphatic carbocycles. The molecule has 3 aromatic rings. The summed E-state index contributed by atoms with van der Waals surface area (Å²) in [6, 6.07) is 5.60. The number of nitrogens with zero attached hydrogens (tertiary/aromatic N) is 6. The third kappa shape index (κ3) is 3.49. The van der Waals surface area contributed by atoms with Crippen LogP contribution in [0.15, 0.2) is 12.4 Å². The smallest absolute Gasteiger partial charge is 0.232 e. The molecule has 3 atom stereocenters. The molecule has 0 aromatic carbocycles. The van der Waals surface area contributed by atoms with Crippen LogP contribution in [0.4, 0.5) is 17.6 Å². The van der Waals surface area contributed by atoms with E-state index in [1.807, 2.05) is 13.0 Å². The highest BCUT2D eigenvalue weighted by Crippen LogP contribution is 2.37. The summed E-state index contributed by atoms with van der Waals surface area (Å²) in [6.07, 6.45) is 6.77. The lowest BCUT2D eigenvalue weighted by molar-refractivity contribution is 0.136. The van der Waals surface area contributed by atoms with Crippen molar-refractivity contribution in [3.05, 3.63) is 18.1 Å². The Morgan fingerprint density at radius 3 is 2.83 bits per heavy atom. The summed E-state index contributed by atoms with van der Waals surface area (Å²) in [5, 5.41) is 22.8. The van der Waals surface area contributed by atoms with Crippen molar-refractivity contribution in [1.29, 1.82) is 5.26 Å². The van der Waals surface area contributed by atoms with Crippen molar-refractivity contribution in [2.45, 2.75) is 57.2 Å². The van der Waals surface area contributed by atoms with Crippen LogP contribution in [0.3, 0.4) is 0 Å². The van der Waals surface area contributed by atoms with Gasteiger partial charge in [0.15, 0.2) is 17.3 Å². The number of H-pyrrole nitrogens is 2. The molecule has 5 rings (SSSR count). The highest BCUT2D eigenvalue weighted by Gasteiger charge is 2.40. The third-order valence-electron chi connectivity index (χ3n) is 5.93. The van der Waals surface area contributed by atoms with Gasteiger partial charge >= 0.3 is 0 Å². The van der Waals surface area contributed by atoms with E-state index >= 15 is 0 Å². The number of imidazole rings is 1. The van der Waals surface area contributed by atoms with E-state index in [0.29, 0.717) is 42.0 Å². The predicted molar refractivity (Wildman–Crippen MR) is 109 cm³/mol. The van der Waals surface area contributed by atoms with E-state index in [2.05, 4.69) is 51.7 Å². The molecule has 3 aromatic heterocycles. The first-order chi connectivity index (χ1) is 14.2. The first-order valence-corrected chi connectivity index (χ1v) is 10.1. The number of aryl methyl sites for hydroxylation is 1. The van der Waals surface area contributed by atoms with Gasteiger partial charge in [-0.1, -0.05) is 0 Å². The van der Waals surface area contributed by atoms with Crippen LogP contribution in [-0.4, -0.2) is 59.7 Å². The molecule has 29 heavy (non-hydrogen) atoms. The van der Waals surface area contributed by atoms with Crippen LogP contribution in [0.1, 0.15) is 37.8 Å². The fourth-order valence-corrected chi connectivity index (χ4v) is 4.72. The SMILES string of the molecule is Cc1cc(Nc2nc(N[C@@H]3C[C@H]4CC[C@@H](C3)N4CCC#N)c3nc[nH]c3n2)n[nH]1. The molecule has 2 saturated heterocycles. The van der Waals surface area contributed by atoms with Crippen LogP contribution < -0.4 is 10.6 Å². The quantitative estimate of drug-likeness (QED) is 0.502. The van der Waals surface area contributed by atoms with Crippen LogP contribution in [0, 0.1) is 18.3 Å². The summed E-state index contributed by atoms with van der Waals surface area (Å²) in [5.74, 6) is 1.89. The minimum absolute atomic E-state index is 0.334. The molecule has 10 nitrogen and oxygen atoms in total. The van der Waals surface area contributed by atoms with Gasteiger partial charge in [0.2, 0.25) is 5.95 Å². The van der Waals surface area contributed by atoms with Gasteiger partial charge < -0.3 is 15.6 Å². The third-order valence-corrected chi connectivity index (χ3v) is 5.93. The Morgan fingerprint density at radius 2 is 2.10 bits per heavy atom. The molecule has 2 fully saturated rings. The van der Waals surface area contributed by atoms with E-state index in [9.17, 15) is 0 Å². The molecule has 2 bridgehead atoms. The second kappa shape index (κ2) is 7.33. The first kappa shape index (κ1) is 17.9. The number of rotatable bonds is 6. The molecule has 0 radical (unpaired) electrons. The van der Waals surface area contributed by atoms with Gasteiger partial charge in [0.25, 0.3) is 0 Å². The number of aromatic amines is 2. The predicted octanol–water partition coefficient (Wildman–Crippen LogP) is 2.45. The minimum Gasteiger partial charge on any atom is -0.365 e. The van der Waals surface area contributed by atoms with Gasteiger partial charge in [-0.15, -0.1) is 0 Å². The van der Waals surface area contributed by atoms with Crippen molar-refractivity contribution in [3.8, 4) is 6.07 Å². The topological polar surface area (TPSA) is 134 Å². The van der Waals surface area contributed by atoms with E-state index in [-0.39, 0.29) is 0 Å². The summed E-state index contributed by atoms with van der Waals surface area (Å²) < 4.78 is 0. The maximum Gasteiger partial charge on any atom is 0.232 e. The molecule has 2 aliphatic rings. The Kier molecular flexibility index (Phi) is 4.52. The Hall–Kier alpha value is -3.19. The highest BCUT2D eigenvalue weighted by molar-refractivity contribution is 5.84. The van der Waals surface area contributed by atoms with Gasteiger partial charge in [-0.25, -0.2) is 4.98 Å². The van der Waals surface area contributed by atoms with Gasteiger partial charge in [-0.2, -0.15) is 20.3 Å².